The lowest BCUT2D eigenvalue weighted by Crippen LogP contribution is -2.36. The number of hydrogen-bond donors (Lipinski definition) is 1. The summed E-state index contributed by atoms with van der Waals surface area (Å²) < 4.78 is 2.17. The molecule has 1 N–H and O–H groups in total. The molecule has 134 valence electrons. The van der Waals surface area contributed by atoms with Crippen LogP contribution in [0.3, 0.4) is 0 Å². The molecule has 3 aromatic rings. The maximum absolute atomic E-state index is 13.1. The van der Waals surface area contributed by atoms with Crippen molar-refractivity contribution in [3.05, 3.63) is 53.0 Å². The number of rotatable bonds is 1. The number of nitrogens with zero attached hydrogens (tertiary/aromatic N) is 4. The minimum Gasteiger partial charge on any atom is -0.351 e. The molecule has 0 fully saturated rings. The molecule has 2 aromatic heterocycles. The van der Waals surface area contributed by atoms with E-state index < -0.39 is 0 Å². The van der Waals surface area contributed by atoms with E-state index in [1.165, 1.54) is 17.0 Å². The summed E-state index contributed by atoms with van der Waals surface area (Å²) in [4.78, 5) is 20.6. The van der Waals surface area contributed by atoms with Crippen LogP contribution >= 0.6 is 0 Å². The Morgan fingerprint density at radius 1 is 1.15 bits per heavy atom. The van der Waals surface area contributed by atoms with Gasteiger partial charge in [0.25, 0.3) is 5.91 Å². The Bertz CT molecular complexity index is 952. The van der Waals surface area contributed by atoms with Gasteiger partial charge in [-0.15, -0.1) is 0 Å². The zero-order chi connectivity index (χ0) is 17.7. The zero-order valence-corrected chi connectivity index (χ0v) is 15.0. The molecule has 0 unspecified atom stereocenters. The quantitative estimate of drug-likeness (QED) is 0.734. The molecule has 4 heterocycles. The second-order valence-corrected chi connectivity index (χ2v) is 7.43. The predicted octanol–water partition coefficient (Wildman–Crippen LogP) is 2.40. The second kappa shape index (κ2) is 5.99. The first kappa shape index (κ1) is 15.6. The molecule has 0 saturated heterocycles. The van der Waals surface area contributed by atoms with Gasteiger partial charge in [0.2, 0.25) is 0 Å². The first-order chi connectivity index (χ1) is 12.7. The monoisotopic (exact) mass is 349 g/mol. The number of amides is 1. The van der Waals surface area contributed by atoms with Gasteiger partial charge in [0, 0.05) is 55.6 Å². The number of hydrogen-bond acceptors (Lipinski definition) is 3. The van der Waals surface area contributed by atoms with Crippen LogP contribution in [0.1, 0.15) is 33.9 Å². The van der Waals surface area contributed by atoms with Gasteiger partial charge < -0.3 is 14.8 Å². The fourth-order valence-electron chi connectivity index (χ4n) is 4.20. The molecule has 5 rings (SSSR count). The number of nitrogens with one attached hydrogen (secondary N) is 1. The van der Waals surface area contributed by atoms with E-state index in [1.54, 1.807) is 0 Å². The van der Waals surface area contributed by atoms with Gasteiger partial charge in [-0.2, -0.15) is 5.10 Å². The number of aryl methyl sites for hydroxylation is 1. The molecule has 2 aliphatic rings. The Balaban J connectivity index is 1.44. The molecule has 0 radical (unpaired) electrons. The van der Waals surface area contributed by atoms with Gasteiger partial charge in [0.1, 0.15) is 5.69 Å². The van der Waals surface area contributed by atoms with Crippen molar-refractivity contribution >= 4 is 16.8 Å². The van der Waals surface area contributed by atoms with Crippen LogP contribution in [-0.2, 0) is 26.1 Å². The van der Waals surface area contributed by atoms with Crippen molar-refractivity contribution in [1.82, 2.24) is 24.6 Å². The summed E-state index contributed by atoms with van der Waals surface area (Å²) in [5.41, 5.74) is 5.40. The van der Waals surface area contributed by atoms with E-state index in [0.717, 1.165) is 49.9 Å². The lowest BCUT2D eigenvalue weighted by Gasteiger charge is -2.27. The third-order valence-corrected chi connectivity index (χ3v) is 5.59. The topological polar surface area (TPSA) is 57.2 Å². The van der Waals surface area contributed by atoms with E-state index in [0.29, 0.717) is 12.2 Å². The van der Waals surface area contributed by atoms with E-state index in [9.17, 15) is 4.79 Å². The van der Waals surface area contributed by atoms with Crippen LogP contribution < -0.4 is 0 Å². The van der Waals surface area contributed by atoms with Crippen LogP contribution in [0.15, 0.2) is 30.3 Å². The molecule has 6 nitrogen and oxygen atoms in total. The molecule has 0 spiro atoms. The first-order valence-corrected chi connectivity index (χ1v) is 9.32. The third-order valence-electron chi connectivity index (χ3n) is 5.59. The van der Waals surface area contributed by atoms with Crippen molar-refractivity contribution in [3.8, 4) is 0 Å². The molecule has 2 aliphatic heterocycles. The molecule has 1 amide bonds. The van der Waals surface area contributed by atoms with Crippen LogP contribution in [0.2, 0.25) is 0 Å². The standard InChI is InChI=1S/C20H23N5O/c1-23-8-4-9-25-19(13-23)15-12-24(10-7-17(15)22-25)20(26)18-11-14-5-2-3-6-16(14)21-18/h2-3,5-6,11,21H,4,7-10,12-13H2,1H3. The molecule has 0 saturated carbocycles. The zero-order valence-electron chi connectivity index (χ0n) is 15.0. The van der Waals surface area contributed by atoms with Gasteiger partial charge >= 0.3 is 0 Å². The summed E-state index contributed by atoms with van der Waals surface area (Å²) in [5, 5.41) is 5.91. The van der Waals surface area contributed by atoms with Crippen molar-refractivity contribution < 1.29 is 4.79 Å². The SMILES string of the molecule is CN1CCCn2nc3c(c2C1)CN(C(=O)c1cc2ccccc2[nH]1)CC3. The number of H-pyrrole nitrogens is 1. The van der Waals surface area contributed by atoms with Crippen molar-refractivity contribution in [2.24, 2.45) is 0 Å². The molecule has 26 heavy (non-hydrogen) atoms. The number of carbonyl (C=O) groups is 1. The van der Waals surface area contributed by atoms with Gasteiger partial charge in [-0.3, -0.25) is 9.48 Å². The minimum absolute atomic E-state index is 0.0776. The van der Waals surface area contributed by atoms with Crippen LogP contribution in [-0.4, -0.2) is 50.6 Å². The summed E-state index contributed by atoms with van der Waals surface area (Å²) in [6.07, 6.45) is 1.97. The molecule has 0 atom stereocenters. The summed E-state index contributed by atoms with van der Waals surface area (Å²) in [5.74, 6) is 0.0776. The van der Waals surface area contributed by atoms with Crippen LogP contribution in [0, 0.1) is 0 Å². The van der Waals surface area contributed by atoms with E-state index in [-0.39, 0.29) is 5.91 Å². The molecule has 6 heteroatoms. The average molecular weight is 349 g/mol. The molecule has 0 aliphatic carbocycles. The Morgan fingerprint density at radius 2 is 2.04 bits per heavy atom. The largest absolute Gasteiger partial charge is 0.351 e. The molecule has 0 bridgehead atoms. The highest BCUT2D eigenvalue weighted by Gasteiger charge is 2.29. The van der Waals surface area contributed by atoms with Crippen molar-refractivity contribution in [2.45, 2.75) is 32.5 Å². The third kappa shape index (κ3) is 2.52. The van der Waals surface area contributed by atoms with Crippen molar-refractivity contribution in [3.63, 3.8) is 0 Å². The summed E-state index contributed by atoms with van der Waals surface area (Å²) in [7, 11) is 2.16. The maximum Gasteiger partial charge on any atom is 0.270 e. The fraction of sp³-hybridized carbons (Fsp3) is 0.400. The number of fused-ring (bicyclic) bond motifs is 4. The van der Waals surface area contributed by atoms with E-state index >= 15 is 0 Å². The van der Waals surface area contributed by atoms with Gasteiger partial charge in [-0.1, -0.05) is 18.2 Å². The predicted molar refractivity (Wildman–Crippen MR) is 99.9 cm³/mol. The van der Waals surface area contributed by atoms with E-state index in [4.69, 9.17) is 5.10 Å². The van der Waals surface area contributed by atoms with Crippen LogP contribution in [0.25, 0.3) is 10.9 Å². The highest BCUT2D eigenvalue weighted by molar-refractivity contribution is 5.98. The summed E-state index contributed by atoms with van der Waals surface area (Å²) >= 11 is 0. The van der Waals surface area contributed by atoms with Crippen LogP contribution in [0.5, 0.6) is 0 Å². The number of aromatic nitrogens is 3. The van der Waals surface area contributed by atoms with Gasteiger partial charge in [-0.25, -0.2) is 0 Å². The van der Waals surface area contributed by atoms with Gasteiger partial charge in [0.05, 0.1) is 11.4 Å². The maximum atomic E-state index is 13.1. The highest BCUT2D eigenvalue weighted by atomic mass is 16.2. The van der Waals surface area contributed by atoms with Crippen LogP contribution in [0.4, 0.5) is 0 Å². The number of para-hydroxylation sites is 1. The molecule has 1 aromatic carbocycles. The van der Waals surface area contributed by atoms with E-state index in [1.807, 2.05) is 35.2 Å². The Hall–Kier alpha value is -2.60. The van der Waals surface area contributed by atoms with Crippen molar-refractivity contribution in [1.29, 1.82) is 0 Å². The summed E-state index contributed by atoms with van der Waals surface area (Å²) in [6.45, 7) is 4.37. The highest BCUT2D eigenvalue weighted by Crippen LogP contribution is 2.26. The second-order valence-electron chi connectivity index (χ2n) is 7.43. The van der Waals surface area contributed by atoms with Gasteiger partial charge in [-0.05, 0) is 25.6 Å². The Morgan fingerprint density at radius 3 is 2.92 bits per heavy atom. The number of aromatic amines is 1. The fourth-order valence-corrected chi connectivity index (χ4v) is 4.20. The Kier molecular flexibility index (Phi) is 3.60. The number of carbonyl (C=O) groups excluding carboxylic acids is 1. The van der Waals surface area contributed by atoms with Crippen molar-refractivity contribution in [2.75, 3.05) is 20.1 Å². The number of benzene rings is 1. The first-order valence-electron chi connectivity index (χ1n) is 9.32. The van der Waals surface area contributed by atoms with Gasteiger partial charge in [0.15, 0.2) is 0 Å². The lowest BCUT2D eigenvalue weighted by molar-refractivity contribution is 0.0728. The Labute approximate surface area is 152 Å². The normalized spacial score (nSPS) is 17.8. The lowest BCUT2D eigenvalue weighted by atomic mass is 10.0. The minimum atomic E-state index is 0.0776. The smallest absolute Gasteiger partial charge is 0.270 e. The van der Waals surface area contributed by atoms with E-state index in [2.05, 4.69) is 21.6 Å². The summed E-state index contributed by atoms with van der Waals surface area (Å²) in [6, 6.07) is 9.98. The molecular weight excluding hydrogens is 326 g/mol. The molecular formula is C20H23N5O. The average Bonchev–Trinajstić information content (AvgIpc) is 3.17.